The summed E-state index contributed by atoms with van der Waals surface area (Å²) >= 11 is 0. The van der Waals surface area contributed by atoms with Crippen LogP contribution in [-0.4, -0.2) is 5.11 Å². The van der Waals surface area contributed by atoms with Crippen molar-refractivity contribution in [2.45, 2.75) is 13.5 Å². The van der Waals surface area contributed by atoms with Crippen molar-refractivity contribution in [2.75, 3.05) is 5.73 Å². The Morgan fingerprint density at radius 1 is 1.18 bits per heavy atom. The molecule has 0 bridgehead atoms. The minimum Gasteiger partial charge on any atom is -0.508 e. The molecule has 0 unspecified atom stereocenters. The van der Waals surface area contributed by atoms with Crippen molar-refractivity contribution in [1.82, 2.24) is 0 Å². The van der Waals surface area contributed by atoms with Gasteiger partial charge in [-0.25, -0.2) is 0 Å². The Bertz CT molecular complexity index is 523. The molecular weight excluding hydrogens is 214 g/mol. The number of phenols is 1. The minimum atomic E-state index is 0.168. The molecule has 0 saturated heterocycles. The SMILES string of the molecule is Cc1cccc(OCc2ccc(O)cc2N)c1. The molecule has 2 rings (SSSR count). The maximum atomic E-state index is 9.24. The lowest BCUT2D eigenvalue weighted by Gasteiger charge is -2.09. The molecule has 2 aromatic rings. The standard InChI is InChI=1S/C14H15NO2/c1-10-3-2-4-13(7-10)17-9-11-5-6-12(16)8-14(11)15/h2-8,16H,9,15H2,1H3. The number of rotatable bonds is 3. The van der Waals surface area contributed by atoms with Crippen LogP contribution in [0.4, 0.5) is 5.69 Å². The molecule has 3 heteroatoms. The fourth-order valence-electron chi connectivity index (χ4n) is 1.58. The van der Waals surface area contributed by atoms with Crippen LogP contribution in [0.15, 0.2) is 42.5 Å². The first-order valence-corrected chi connectivity index (χ1v) is 5.42. The Labute approximate surface area is 100 Å². The summed E-state index contributed by atoms with van der Waals surface area (Å²) in [6, 6.07) is 12.7. The normalized spacial score (nSPS) is 10.2. The molecule has 3 nitrogen and oxygen atoms in total. The van der Waals surface area contributed by atoms with Crippen molar-refractivity contribution in [3.8, 4) is 11.5 Å². The lowest BCUT2D eigenvalue weighted by Crippen LogP contribution is -2.00. The van der Waals surface area contributed by atoms with E-state index in [2.05, 4.69) is 0 Å². The van der Waals surface area contributed by atoms with E-state index in [0.29, 0.717) is 12.3 Å². The average molecular weight is 229 g/mol. The highest BCUT2D eigenvalue weighted by molar-refractivity contribution is 5.50. The smallest absolute Gasteiger partial charge is 0.120 e. The first-order chi connectivity index (χ1) is 8.15. The zero-order valence-corrected chi connectivity index (χ0v) is 9.68. The second-order valence-corrected chi connectivity index (χ2v) is 3.99. The average Bonchev–Trinajstić information content (AvgIpc) is 2.28. The van der Waals surface area contributed by atoms with E-state index in [1.54, 1.807) is 12.1 Å². The van der Waals surface area contributed by atoms with Gasteiger partial charge < -0.3 is 15.6 Å². The number of anilines is 1. The van der Waals surface area contributed by atoms with E-state index in [0.717, 1.165) is 16.9 Å². The molecule has 88 valence electrons. The van der Waals surface area contributed by atoms with Crippen LogP contribution < -0.4 is 10.5 Å². The van der Waals surface area contributed by atoms with Gasteiger partial charge in [0.25, 0.3) is 0 Å². The van der Waals surface area contributed by atoms with Gasteiger partial charge in [-0.3, -0.25) is 0 Å². The summed E-state index contributed by atoms with van der Waals surface area (Å²) in [5, 5.41) is 9.24. The number of ether oxygens (including phenoxy) is 1. The maximum absolute atomic E-state index is 9.24. The summed E-state index contributed by atoms with van der Waals surface area (Å²) in [6.07, 6.45) is 0. The maximum Gasteiger partial charge on any atom is 0.120 e. The predicted octanol–water partition coefficient (Wildman–Crippen LogP) is 2.86. The summed E-state index contributed by atoms with van der Waals surface area (Å²) < 4.78 is 5.63. The molecule has 0 atom stereocenters. The predicted molar refractivity (Wildman–Crippen MR) is 68.0 cm³/mol. The molecular formula is C14H15NO2. The highest BCUT2D eigenvalue weighted by atomic mass is 16.5. The zero-order chi connectivity index (χ0) is 12.3. The minimum absolute atomic E-state index is 0.168. The largest absolute Gasteiger partial charge is 0.508 e. The molecule has 0 aromatic heterocycles. The van der Waals surface area contributed by atoms with Crippen LogP contribution in [0.25, 0.3) is 0 Å². The Kier molecular flexibility index (Phi) is 3.19. The molecule has 0 amide bonds. The summed E-state index contributed by atoms with van der Waals surface area (Å²) in [5.41, 5.74) is 8.33. The van der Waals surface area contributed by atoms with Gasteiger partial charge >= 0.3 is 0 Å². The molecule has 0 aliphatic carbocycles. The first-order valence-electron chi connectivity index (χ1n) is 5.42. The third kappa shape index (κ3) is 2.91. The van der Waals surface area contributed by atoms with Gasteiger partial charge in [0, 0.05) is 17.3 Å². The van der Waals surface area contributed by atoms with E-state index in [-0.39, 0.29) is 5.75 Å². The number of aryl methyl sites for hydroxylation is 1. The van der Waals surface area contributed by atoms with Crippen LogP contribution in [0.1, 0.15) is 11.1 Å². The molecule has 0 spiro atoms. The fraction of sp³-hybridized carbons (Fsp3) is 0.143. The Balaban J connectivity index is 2.07. The third-order valence-corrected chi connectivity index (χ3v) is 2.51. The highest BCUT2D eigenvalue weighted by Gasteiger charge is 2.01. The van der Waals surface area contributed by atoms with Gasteiger partial charge in [-0.1, -0.05) is 12.1 Å². The van der Waals surface area contributed by atoms with Crippen molar-refractivity contribution < 1.29 is 9.84 Å². The summed E-state index contributed by atoms with van der Waals surface area (Å²) in [6.45, 7) is 2.41. The van der Waals surface area contributed by atoms with Gasteiger partial charge in [0.1, 0.15) is 18.1 Å². The molecule has 0 aliphatic heterocycles. The molecule has 0 saturated carbocycles. The van der Waals surface area contributed by atoms with Gasteiger partial charge in [0.05, 0.1) is 0 Å². The van der Waals surface area contributed by atoms with Crippen molar-refractivity contribution >= 4 is 5.69 Å². The van der Waals surface area contributed by atoms with Crippen molar-refractivity contribution in [3.63, 3.8) is 0 Å². The van der Waals surface area contributed by atoms with E-state index in [1.165, 1.54) is 6.07 Å². The molecule has 17 heavy (non-hydrogen) atoms. The van der Waals surface area contributed by atoms with E-state index in [9.17, 15) is 5.11 Å². The summed E-state index contributed by atoms with van der Waals surface area (Å²) in [7, 11) is 0. The molecule has 3 N–H and O–H groups in total. The molecule has 0 fully saturated rings. The zero-order valence-electron chi connectivity index (χ0n) is 9.68. The Hall–Kier alpha value is -2.16. The summed E-state index contributed by atoms with van der Waals surface area (Å²) in [5.74, 6) is 0.985. The van der Waals surface area contributed by atoms with Crippen LogP contribution >= 0.6 is 0 Å². The van der Waals surface area contributed by atoms with Crippen molar-refractivity contribution in [2.24, 2.45) is 0 Å². The van der Waals surface area contributed by atoms with Gasteiger partial charge in [-0.15, -0.1) is 0 Å². The third-order valence-electron chi connectivity index (χ3n) is 2.51. The van der Waals surface area contributed by atoms with Crippen molar-refractivity contribution in [3.05, 3.63) is 53.6 Å². The number of aromatic hydroxyl groups is 1. The number of benzene rings is 2. The van der Waals surface area contributed by atoms with Crippen LogP contribution in [0.2, 0.25) is 0 Å². The Morgan fingerprint density at radius 3 is 2.71 bits per heavy atom. The summed E-state index contributed by atoms with van der Waals surface area (Å²) in [4.78, 5) is 0. The molecule has 2 aromatic carbocycles. The quantitative estimate of drug-likeness (QED) is 0.796. The Morgan fingerprint density at radius 2 is 2.00 bits per heavy atom. The highest BCUT2D eigenvalue weighted by Crippen LogP contribution is 2.21. The first kappa shape index (κ1) is 11.3. The number of nitrogens with two attached hydrogens (primary N) is 1. The van der Waals surface area contributed by atoms with E-state index in [4.69, 9.17) is 10.5 Å². The van der Waals surface area contributed by atoms with Gasteiger partial charge in [-0.05, 0) is 36.8 Å². The van der Waals surface area contributed by atoms with Gasteiger partial charge in [0.2, 0.25) is 0 Å². The number of hydrogen-bond donors (Lipinski definition) is 2. The van der Waals surface area contributed by atoms with E-state index >= 15 is 0 Å². The van der Waals surface area contributed by atoms with Gasteiger partial charge in [-0.2, -0.15) is 0 Å². The monoisotopic (exact) mass is 229 g/mol. The number of nitrogen functional groups attached to an aromatic ring is 1. The molecule has 0 heterocycles. The second-order valence-electron chi connectivity index (χ2n) is 3.99. The van der Waals surface area contributed by atoms with Crippen LogP contribution in [0.5, 0.6) is 11.5 Å². The second kappa shape index (κ2) is 4.78. The molecule has 0 aliphatic rings. The number of phenolic OH excluding ortho intramolecular Hbond substituents is 1. The van der Waals surface area contributed by atoms with Crippen LogP contribution in [0, 0.1) is 6.92 Å². The van der Waals surface area contributed by atoms with Crippen LogP contribution in [0.3, 0.4) is 0 Å². The van der Waals surface area contributed by atoms with Crippen LogP contribution in [-0.2, 0) is 6.61 Å². The topological polar surface area (TPSA) is 55.5 Å². The molecule has 0 radical (unpaired) electrons. The van der Waals surface area contributed by atoms with Gasteiger partial charge in [0.15, 0.2) is 0 Å². The fourth-order valence-corrected chi connectivity index (χ4v) is 1.58. The van der Waals surface area contributed by atoms with E-state index in [1.807, 2.05) is 31.2 Å². The van der Waals surface area contributed by atoms with E-state index < -0.39 is 0 Å². The lowest BCUT2D eigenvalue weighted by molar-refractivity contribution is 0.306. The lowest BCUT2D eigenvalue weighted by atomic mass is 10.2. The van der Waals surface area contributed by atoms with Crippen molar-refractivity contribution in [1.29, 1.82) is 0 Å². The number of hydrogen-bond acceptors (Lipinski definition) is 3.